The molecule has 0 fully saturated rings. The topological polar surface area (TPSA) is 68.9 Å². The summed E-state index contributed by atoms with van der Waals surface area (Å²) < 4.78 is 2.17. The van der Waals surface area contributed by atoms with E-state index in [1.54, 1.807) is 0 Å². The maximum atomic E-state index is 11.9. The smallest absolute Gasteiger partial charge is 0.346 e. The summed E-state index contributed by atoms with van der Waals surface area (Å²) in [5.41, 5.74) is 1.35. The highest BCUT2D eigenvalue weighted by Crippen LogP contribution is 2.05. The van der Waals surface area contributed by atoms with E-state index in [1.807, 2.05) is 31.2 Å². The van der Waals surface area contributed by atoms with E-state index >= 15 is 0 Å². The van der Waals surface area contributed by atoms with E-state index in [1.165, 1.54) is 14.1 Å². The van der Waals surface area contributed by atoms with Crippen molar-refractivity contribution < 1.29 is 0 Å². The molecule has 0 radical (unpaired) electrons. The van der Waals surface area contributed by atoms with Gasteiger partial charge in [0.25, 0.3) is 5.56 Å². The van der Waals surface area contributed by atoms with Crippen LogP contribution < -0.4 is 16.6 Å². The van der Waals surface area contributed by atoms with Crippen LogP contribution in [0.15, 0.2) is 33.9 Å². The highest BCUT2D eigenvalue weighted by molar-refractivity contribution is 5.32. The van der Waals surface area contributed by atoms with E-state index in [4.69, 9.17) is 0 Å². The Bertz CT molecular complexity index is 715. The lowest BCUT2D eigenvalue weighted by Crippen LogP contribution is -2.39. The van der Waals surface area contributed by atoms with Gasteiger partial charge >= 0.3 is 5.69 Å². The zero-order chi connectivity index (χ0) is 14.0. The van der Waals surface area contributed by atoms with Crippen LogP contribution in [0.25, 0.3) is 0 Å². The molecule has 0 amide bonds. The van der Waals surface area contributed by atoms with Crippen molar-refractivity contribution in [3.63, 3.8) is 0 Å². The molecule has 0 aliphatic rings. The summed E-state index contributed by atoms with van der Waals surface area (Å²) in [6.45, 7) is 2.50. The summed E-state index contributed by atoms with van der Waals surface area (Å²) in [6, 6.07) is 7.96. The number of aryl methyl sites for hydroxylation is 2. The van der Waals surface area contributed by atoms with Gasteiger partial charge in [0.1, 0.15) is 0 Å². The molecule has 2 rings (SSSR count). The number of benzene rings is 1. The van der Waals surface area contributed by atoms with E-state index in [2.05, 4.69) is 10.4 Å². The maximum absolute atomic E-state index is 11.9. The molecular weight excluding hydrogens is 244 g/mol. The first-order chi connectivity index (χ1) is 8.99. The fourth-order valence-electron chi connectivity index (χ4n) is 1.82. The van der Waals surface area contributed by atoms with Crippen LogP contribution in [0.2, 0.25) is 0 Å². The standard InChI is InChI=1S/C13H16N4O2/c1-9-5-4-6-10(7-9)8-14-11-12(18)16(2)13(19)17(3)15-11/h4-7H,8H2,1-3H3,(H,14,15). The van der Waals surface area contributed by atoms with E-state index < -0.39 is 11.2 Å². The first kappa shape index (κ1) is 13.1. The minimum Gasteiger partial charge on any atom is -0.360 e. The molecule has 1 heterocycles. The Morgan fingerprint density at radius 2 is 2.00 bits per heavy atom. The molecule has 2 aromatic rings. The summed E-state index contributed by atoms with van der Waals surface area (Å²) in [7, 11) is 2.95. The normalized spacial score (nSPS) is 10.5. The molecule has 0 unspecified atom stereocenters. The van der Waals surface area contributed by atoms with Crippen LogP contribution in [0.4, 0.5) is 5.82 Å². The second-order valence-electron chi connectivity index (χ2n) is 4.46. The van der Waals surface area contributed by atoms with E-state index in [9.17, 15) is 9.59 Å². The highest BCUT2D eigenvalue weighted by Gasteiger charge is 2.07. The number of nitrogens with zero attached hydrogens (tertiary/aromatic N) is 3. The lowest BCUT2D eigenvalue weighted by atomic mass is 10.1. The number of rotatable bonds is 3. The second kappa shape index (κ2) is 5.09. The van der Waals surface area contributed by atoms with Gasteiger partial charge in [-0.1, -0.05) is 29.8 Å². The van der Waals surface area contributed by atoms with Gasteiger partial charge in [0, 0.05) is 20.6 Å². The van der Waals surface area contributed by atoms with E-state index in [0.717, 1.165) is 20.4 Å². The van der Waals surface area contributed by atoms with Crippen molar-refractivity contribution in [2.75, 3.05) is 5.32 Å². The average Bonchev–Trinajstić information content (AvgIpc) is 2.39. The van der Waals surface area contributed by atoms with Gasteiger partial charge < -0.3 is 5.32 Å². The summed E-state index contributed by atoms with van der Waals surface area (Å²) >= 11 is 0. The Labute approximate surface area is 110 Å². The Morgan fingerprint density at radius 3 is 2.68 bits per heavy atom. The Kier molecular flexibility index (Phi) is 3.50. The van der Waals surface area contributed by atoms with Crippen molar-refractivity contribution in [3.05, 3.63) is 56.2 Å². The first-order valence-corrected chi connectivity index (χ1v) is 5.93. The van der Waals surface area contributed by atoms with Gasteiger partial charge in [0.05, 0.1) is 0 Å². The van der Waals surface area contributed by atoms with Crippen molar-refractivity contribution in [1.82, 2.24) is 14.3 Å². The predicted octanol–water partition coefficient (Wildman–Crippen LogP) is 0.400. The minimum absolute atomic E-state index is 0.172. The molecule has 1 aromatic carbocycles. The summed E-state index contributed by atoms with van der Waals surface area (Å²) in [5.74, 6) is 0.172. The van der Waals surface area contributed by atoms with Crippen molar-refractivity contribution >= 4 is 5.82 Å². The molecule has 1 N–H and O–H groups in total. The number of hydrogen-bond donors (Lipinski definition) is 1. The minimum atomic E-state index is -0.439. The lowest BCUT2D eigenvalue weighted by Gasteiger charge is -2.08. The predicted molar refractivity (Wildman–Crippen MR) is 73.2 cm³/mol. The molecule has 0 saturated heterocycles. The van der Waals surface area contributed by atoms with Gasteiger partial charge in [-0.3, -0.25) is 9.36 Å². The molecule has 6 heteroatoms. The van der Waals surface area contributed by atoms with Crippen LogP contribution >= 0.6 is 0 Å². The third-order valence-electron chi connectivity index (χ3n) is 2.86. The van der Waals surface area contributed by atoms with Gasteiger partial charge in [-0.15, -0.1) is 5.10 Å². The molecule has 0 spiro atoms. The molecular formula is C13H16N4O2. The van der Waals surface area contributed by atoms with Gasteiger partial charge in [-0.25, -0.2) is 9.48 Å². The average molecular weight is 260 g/mol. The third-order valence-corrected chi connectivity index (χ3v) is 2.86. The Morgan fingerprint density at radius 1 is 1.26 bits per heavy atom. The third kappa shape index (κ3) is 2.73. The molecule has 0 atom stereocenters. The van der Waals surface area contributed by atoms with E-state index in [-0.39, 0.29) is 5.82 Å². The summed E-state index contributed by atoms with van der Waals surface area (Å²) in [4.78, 5) is 23.4. The molecule has 0 aliphatic carbocycles. The van der Waals surface area contributed by atoms with Crippen LogP contribution in [0.3, 0.4) is 0 Å². The van der Waals surface area contributed by atoms with Gasteiger partial charge in [-0.2, -0.15) is 0 Å². The van der Waals surface area contributed by atoms with Crippen molar-refractivity contribution in [3.8, 4) is 0 Å². The van der Waals surface area contributed by atoms with Crippen LogP contribution in [0.5, 0.6) is 0 Å². The second-order valence-corrected chi connectivity index (χ2v) is 4.46. The molecule has 1 aromatic heterocycles. The Hall–Kier alpha value is -2.37. The monoisotopic (exact) mass is 260 g/mol. The van der Waals surface area contributed by atoms with Crippen LogP contribution in [0.1, 0.15) is 11.1 Å². The van der Waals surface area contributed by atoms with Crippen molar-refractivity contribution in [2.24, 2.45) is 14.1 Å². The molecule has 0 aliphatic heterocycles. The van der Waals surface area contributed by atoms with Crippen molar-refractivity contribution in [2.45, 2.75) is 13.5 Å². The number of hydrogen-bond acceptors (Lipinski definition) is 4. The lowest BCUT2D eigenvalue weighted by molar-refractivity contribution is 0.604. The molecule has 6 nitrogen and oxygen atoms in total. The Balaban J connectivity index is 2.26. The molecule has 100 valence electrons. The number of anilines is 1. The fraction of sp³-hybridized carbons (Fsp3) is 0.308. The van der Waals surface area contributed by atoms with Crippen LogP contribution in [-0.4, -0.2) is 14.3 Å². The maximum Gasteiger partial charge on any atom is 0.346 e. The molecule has 0 bridgehead atoms. The van der Waals surface area contributed by atoms with Gasteiger partial charge in [0.15, 0.2) is 0 Å². The summed E-state index contributed by atoms with van der Waals surface area (Å²) in [6.07, 6.45) is 0. The highest BCUT2D eigenvalue weighted by atomic mass is 16.2. The first-order valence-electron chi connectivity index (χ1n) is 5.93. The zero-order valence-electron chi connectivity index (χ0n) is 11.2. The van der Waals surface area contributed by atoms with Crippen molar-refractivity contribution in [1.29, 1.82) is 0 Å². The quantitative estimate of drug-likeness (QED) is 0.867. The van der Waals surface area contributed by atoms with Crippen LogP contribution in [0, 0.1) is 6.92 Å². The largest absolute Gasteiger partial charge is 0.360 e. The fourth-order valence-corrected chi connectivity index (χ4v) is 1.82. The zero-order valence-corrected chi connectivity index (χ0v) is 11.2. The van der Waals surface area contributed by atoms with Crippen LogP contribution in [-0.2, 0) is 20.6 Å². The molecule has 19 heavy (non-hydrogen) atoms. The number of nitrogens with one attached hydrogen (secondary N) is 1. The SMILES string of the molecule is Cc1cccc(CNc2nn(C)c(=O)n(C)c2=O)c1. The van der Waals surface area contributed by atoms with Gasteiger partial charge in [0.2, 0.25) is 5.82 Å². The number of aromatic nitrogens is 3. The van der Waals surface area contributed by atoms with Gasteiger partial charge in [-0.05, 0) is 12.5 Å². The summed E-state index contributed by atoms with van der Waals surface area (Å²) in [5, 5.41) is 6.89. The molecule has 0 saturated carbocycles. The van der Waals surface area contributed by atoms with E-state index in [0.29, 0.717) is 6.54 Å².